The molecular weight excluding hydrogens is 532 g/mol. The Bertz CT molecular complexity index is 1190. The van der Waals surface area contributed by atoms with Crippen LogP contribution in [0.15, 0.2) is 23.4 Å². The number of aromatic nitrogens is 4. The monoisotopic (exact) mass is 578 g/mol. The molecule has 1 fully saturated rings. The third-order valence-electron chi connectivity index (χ3n) is 8.84. The fourth-order valence-electron chi connectivity index (χ4n) is 5.16. The van der Waals surface area contributed by atoms with E-state index in [0.29, 0.717) is 36.8 Å². The van der Waals surface area contributed by atoms with Gasteiger partial charge in [-0.15, -0.1) is 0 Å². The van der Waals surface area contributed by atoms with Crippen LogP contribution in [0.1, 0.15) is 59.6 Å². The molecule has 39 heavy (non-hydrogen) atoms. The summed E-state index contributed by atoms with van der Waals surface area (Å²) < 4.78 is 8.56. The van der Waals surface area contributed by atoms with Crippen molar-refractivity contribution in [2.24, 2.45) is 23.2 Å². The molecule has 5 atom stereocenters. The fraction of sp³-hybridized carbons (Fsp3) is 0.714. The second-order valence-electron chi connectivity index (χ2n) is 13.1. The van der Waals surface area contributed by atoms with E-state index in [4.69, 9.17) is 16.3 Å². The largest absolute Gasteiger partial charge is 0.379 e. The van der Waals surface area contributed by atoms with E-state index in [9.17, 15) is 9.59 Å². The molecule has 2 N–H and O–H groups in total. The van der Waals surface area contributed by atoms with Gasteiger partial charge in [0.2, 0.25) is 5.91 Å². The lowest BCUT2D eigenvalue weighted by atomic mass is 9.58. The molecule has 2 heterocycles. The van der Waals surface area contributed by atoms with Crippen LogP contribution in [0.2, 0.25) is 30.7 Å². The molecule has 0 bridgehead atoms. The van der Waals surface area contributed by atoms with E-state index in [2.05, 4.69) is 75.1 Å². The molecule has 2 aromatic heterocycles. The van der Waals surface area contributed by atoms with Crippen molar-refractivity contribution in [3.8, 4) is 0 Å². The predicted molar refractivity (Wildman–Crippen MR) is 160 cm³/mol. The summed E-state index contributed by atoms with van der Waals surface area (Å²) in [5.74, 6) is 1.10. The number of halogens is 1. The second kappa shape index (κ2) is 12.6. The Labute approximate surface area is 239 Å². The van der Waals surface area contributed by atoms with Crippen LogP contribution in [0.3, 0.4) is 0 Å². The molecular formula is C28H47ClN6O3Si. The summed E-state index contributed by atoms with van der Waals surface area (Å²) in [6, 6.07) is 0.994. The van der Waals surface area contributed by atoms with Crippen LogP contribution in [0, 0.1) is 23.2 Å². The third-order valence-corrected chi connectivity index (χ3v) is 10.9. The average Bonchev–Trinajstić information content (AvgIpc) is 3.32. The van der Waals surface area contributed by atoms with Crippen LogP contribution in [-0.4, -0.2) is 46.2 Å². The Balaban J connectivity index is 1.56. The van der Waals surface area contributed by atoms with Crippen LogP contribution in [0.4, 0.5) is 5.69 Å². The molecule has 2 aromatic rings. The Morgan fingerprint density at radius 1 is 1.23 bits per heavy atom. The van der Waals surface area contributed by atoms with Crippen LogP contribution in [-0.2, 0) is 22.8 Å². The highest BCUT2D eigenvalue weighted by molar-refractivity contribution is 6.76. The van der Waals surface area contributed by atoms with Gasteiger partial charge < -0.3 is 15.4 Å². The van der Waals surface area contributed by atoms with Gasteiger partial charge in [-0.1, -0.05) is 65.9 Å². The zero-order valence-electron chi connectivity index (χ0n) is 25.0. The average molecular weight is 579 g/mol. The Morgan fingerprint density at radius 3 is 2.59 bits per heavy atom. The van der Waals surface area contributed by atoms with E-state index < -0.39 is 13.6 Å². The maximum atomic E-state index is 12.9. The molecule has 1 aliphatic carbocycles. The van der Waals surface area contributed by atoms with Gasteiger partial charge in [0.15, 0.2) is 0 Å². The molecule has 0 aromatic carbocycles. The van der Waals surface area contributed by atoms with Crippen LogP contribution < -0.4 is 16.2 Å². The lowest BCUT2D eigenvalue weighted by Gasteiger charge is -2.50. The summed E-state index contributed by atoms with van der Waals surface area (Å²) in [6.45, 7) is 21.2. The summed E-state index contributed by atoms with van der Waals surface area (Å²) in [6.07, 6.45) is 6.10. The van der Waals surface area contributed by atoms with Gasteiger partial charge in [0.05, 0.1) is 24.1 Å². The first-order chi connectivity index (χ1) is 18.1. The standard InChI is InChI=1S/C28H47ClN6O3Si/c1-18-12-23(19(2)20(3)28(18,5)6)33-24-14-31-35(27(37)26(24)29)16-25(36)32-21(4)22-13-30-34(15-22)17-38-10-11-39(7,8)9/h13-15,18-21,23,33H,10-12,16-17H2,1-9H3,(H,32,36)/t18-,19+,20+,21?,23+/m0/s1. The van der Waals surface area contributed by atoms with Crippen molar-refractivity contribution in [3.05, 3.63) is 39.5 Å². The number of amides is 1. The normalized spacial score (nSPS) is 23.8. The second-order valence-corrected chi connectivity index (χ2v) is 19.1. The van der Waals surface area contributed by atoms with Crippen molar-refractivity contribution in [1.82, 2.24) is 24.9 Å². The lowest BCUT2D eigenvalue weighted by molar-refractivity contribution is -0.122. The van der Waals surface area contributed by atoms with Gasteiger partial charge in [0.1, 0.15) is 18.3 Å². The van der Waals surface area contributed by atoms with Crippen LogP contribution in [0.5, 0.6) is 0 Å². The minimum Gasteiger partial charge on any atom is -0.379 e. The van der Waals surface area contributed by atoms with Crippen molar-refractivity contribution in [1.29, 1.82) is 0 Å². The van der Waals surface area contributed by atoms with Crippen molar-refractivity contribution >= 4 is 31.3 Å². The topological polar surface area (TPSA) is 103 Å². The van der Waals surface area contributed by atoms with Gasteiger partial charge in [0.25, 0.3) is 5.56 Å². The van der Waals surface area contributed by atoms with Gasteiger partial charge in [-0.3, -0.25) is 9.59 Å². The van der Waals surface area contributed by atoms with E-state index in [1.807, 2.05) is 13.1 Å². The van der Waals surface area contributed by atoms with E-state index in [1.54, 1.807) is 17.1 Å². The summed E-state index contributed by atoms with van der Waals surface area (Å²) >= 11 is 6.47. The summed E-state index contributed by atoms with van der Waals surface area (Å²) in [5, 5.41) is 15.0. The number of hydrogen-bond donors (Lipinski definition) is 2. The maximum Gasteiger partial charge on any atom is 0.288 e. The highest BCUT2D eigenvalue weighted by Crippen LogP contribution is 2.48. The molecule has 0 spiro atoms. The third kappa shape index (κ3) is 7.95. The quantitative estimate of drug-likeness (QED) is 0.273. The van der Waals surface area contributed by atoms with Crippen LogP contribution in [0.25, 0.3) is 0 Å². The Morgan fingerprint density at radius 2 is 1.92 bits per heavy atom. The van der Waals surface area contributed by atoms with Gasteiger partial charge in [-0.05, 0) is 42.6 Å². The molecule has 9 nitrogen and oxygen atoms in total. The smallest absolute Gasteiger partial charge is 0.288 e. The number of anilines is 1. The molecule has 3 rings (SSSR count). The summed E-state index contributed by atoms with van der Waals surface area (Å²) in [4.78, 5) is 25.7. The number of carbonyl (C=O) groups is 1. The first-order valence-electron chi connectivity index (χ1n) is 14.0. The van der Waals surface area contributed by atoms with Crippen LogP contribution >= 0.6 is 11.6 Å². The number of nitrogens with zero attached hydrogens (tertiary/aromatic N) is 4. The Kier molecular flexibility index (Phi) is 10.1. The number of nitrogens with one attached hydrogen (secondary N) is 2. The first-order valence-corrected chi connectivity index (χ1v) is 18.1. The molecule has 218 valence electrons. The van der Waals surface area contributed by atoms with Gasteiger partial charge in [-0.2, -0.15) is 10.2 Å². The zero-order chi connectivity index (χ0) is 29.1. The van der Waals surface area contributed by atoms with E-state index in [-0.39, 0.29) is 35.0 Å². The van der Waals surface area contributed by atoms with E-state index in [0.717, 1.165) is 22.7 Å². The summed E-state index contributed by atoms with van der Waals surface area (Å²) in [5.41, 5.74) is 1.12. The van der Waals surface area contributed by atoms with Gasteiger partial charge in [-0.25, -0.2) is 9.36 Å². The molecule has 1 aliphatic rings. The molecule has 0 saturated heterocycles. The number of ether oxygens (including phenoxy) is 1. The molecule has 0 radical (unpaired) electrons. The zero-order valence-corrected chi connectivity index (χ0v) is 26.8. The lowest BCUT2D eigenvalue weighted by Crippen LogP contribution is -2.48. The van der Waals surface area contributed by atoms with Crippen molar-refractivity contribution in [2.75, 3.05) is 11.9 Å². The summed E-state index contributed by atoms with van der Waals surface area (Å²) in [7, 11) is -1.14. The van der Waals surface area contributed by atoms with E-state index >= 15 is 0 Å². The van der Waals surface area contributed by atoms with Gasteiger partial charge >= 0.3 is 0 Å². The fourth-order valence-corrected chi connectivity index (χ4v) is 6.12. The SMILES string of the molecule is CC(NC(=O)Cn1ncc(N[C@@H]2C[C@H](C)C(C)(C)[C@H](C)[C@H]2C)c(Cl)c1=O)c1cnn(COCC[Si](C)(C)C)c1. The molecule has 11 heteroatoms. The van der Waals surface area contributed by atoms with Crippen molar-refractivity contribution in [2.45, 2.75) is 99.0 Å². The van der Waals surface area contributed by atoms with Crippen molar-refractivity contribution < 1.29 is 9.53 Å². The number of carbonyl (C=O) groups excluding carboxylic acids is 1. The molecule has 1 saturated carbocycles. The minimum absolute atomic E-state index is 0.0543. The molecule has 1 unspecified atom stereocenters. The van der Waals surface area contributed by atoms with E-state index in [1.165, 1.54) is 0 Å². The highest BCUT2D eigenvalue weighted by Gasteiger charge is 2.43. The van der Waals surface area contributed by atoms with Gasteiger partial charge in [0, 0.05) is 32.5 Å². The first kappa shape index (κ1) is 31.4. The molecule has 1 amide bonds. The number of hydrogen-bond acceptors (Lipinski definition) is 6. The number of rotatable bonds is 11. The Hall–Kier alpha value is -2.17. The van der Waals surface area contributed by atoms with Crippen molar-refractivity contribution in [3.63, 3.8) is 0 Å². The maximum absolute atomic E-state index is 12.9. The predicted octanol–water partition coefficient (Wildman–Crippen LogP) is 5.40. The minimum atomic E-state index is -1.14. The highest BCUT2D eigenvalue weighted by atomic mass is 35.5. The molecule has 0 aliphatic heterocycles.